The summed E-state index contributed by atoms with van der Waals surface area (Å²) in [5.74, 6) is -0.451. The maximum Gasteiger partial charge on any atom is 0.354 e. The first-order chi connectivity index (χ1) is 9.58. The van der Waals surface area contributed by atoms with Crippen LogP contribution in [0.2, 0.25) is 0 Å². The lowest BCUT2D eigenvalue weighted by molar-refractivity contribution is 0.0690. The van der Waals surface area contributed by atoms with E-state index in [9.17, 15) is 4.79 Å². The summed E-state index contributed by atoms with van der Waals surface area (Å²) in [4.78, 5) is 18.8. The molecule has 0 bridgehead atoms. The van der Waals surface area contributed by atoms with E-state index in [4.69, 9.17) is 10.4 Å². The van der Waals surface area contributed by atoms with E-state index >= 15 is 0 Å². The van der Waals surface area contributed by atoms with Crippen LogP contribution in [0.3, 0.4) is 0 Å². The van der Waals surface area contributed by atoms with E-state index in [1.54, 1.807) is 18.2 Å². The summed E-state index contributed by atoms with van der Waals surface area (Å²) in [5.41, 5.74) is 2.14. The monoisotopic (exact) mass is 268 g/mol. The number of carbonyl (C=O) groups is 1. The molecule has 6 nitrogen and oxygen atoms in total. The van der Waals surface area contributed by atoms with Crippen molar-refractivity contribution in [2.45, 2.75) is 13.5 Å². The van der Waals surface area contributed by atoms with Gasteiger partial charge in [-0.2, -0.15) is 5.26 Å². The number of aryl methyl sites for hydroxylation is 1. The summed E-state index contributed by atoms with van der Waals surface area (Å²) in [7, 11) is 0. The lowest BCUT2D eigenvalue weighted by Gasteiger charge is -2.07. The molecule has 2 aromatic heterocycles. The van der Waals surface area contributed by atoms with Crippen LogP contribution in [0.4, 0.5) is 5.82 Å². The second-order valence-electron chi connectivity index (χ2n) is 4.20. The van der Waals surface area contributed by atoms with E-state index in [-0.39, 0.29) is 5.69 Å². The van der Waals surface area contributed by atoms with Gasteiger partial charge in [-0.25, -0.2) is 14.8 Å². The van der Waals surface area contributed by atoms with Gasteiger partial charge >= 0.3 is 5.97 Å². The summed E-state index contributed by atoms with van der Waals surface area (Å²) in [5, 5.41) is 20.7. The van der Waals surface area contributed by atoms with Crippen LogP contribution in [-0.4, -0.2) is 21.0 Å². The van der Waals surface area contributed by atoms with Crippen LogP contribution in [-0.2, 0) is 6.54 Å². The zero-order chi connectivity index (χ0) is 14.5. The molecule has 0 aliphatic carbocycles. The quantitative estimate of drug-likeness (QED) is 0.879. The molecule has 0 saturated heterocycles. The smallest absolute Gasteiger partial charge is 0.354 e. The minimum Gasteiger partial charge on any atom is -0.477 e. The van der Waals surface area contributed by atoms with Crippen LogP contribution in [0.5, 0.6) is 0 Å². The molecule has 0 aromatic carbocycles. The third kappa shape index (κ3) is 3.29. The van der Waals surface area contributed by atoms with Crippen molar-refractivity contribution in [3.8, 4) is 6.07 Å². The van der Waals surface area contributed by atoms with Gasteiger partial charge in [-0.15, -0.1) is 0 Å². The molecule has 100 valence electrons. The fourth-order valence-corrected chi connectivity index (χ4v) is 1.67. The van der Waals surface area contributed by atoms with Gasteiger partial charge in [-0.05, 0) is 30.7 Å². The number of anilines is 1. The Morgan fingerprint density at radius 2 is 2.25 bits per heavy atom. The number of nitriles is 1. The fourth-order valence-electron chi connectivity index (χ4n) is 1.67. The Bertz CT molecular complexity index is 675. The fraction of sp³-hybridized carbons (Fsp3) is 0.143. The molecule has 0 radical (unpaired) electrons. The van der Waals surface area contributed by atoms with Crippen LogP contribution in [0.25, 0.3) is 0 Å². The zero-order valence-electron chi connectivity index (χ0n) is 10.8. The minimum absolute atomic E-state index is 0.00852. The van der Waals surface area contributed by atoms with Crippen molar-refractivity contribution in [3.05, 3.63) is 53.0 Å². The van der Waals surface area contributed by atoms with Crippen molar-refractivity contribution in [2.75, 3.05) is 5.32 Å². The van der Waals surface area contributed by atoms with Crippen molar-refractivity contribution in [2.24, 2.45) is 0 Å². The predicted molar refractivity (Wildman–Crippen MR) is 72.2 cm³/mol. The Kier molecular flexibility index (Phi) is 3.91. The molecule has 6 heteroatoms. The molecule has 20 heavy (non-hydrogen) atoms. The molecule has 0 saturated carbocycles. The molecule has 2 rings (SSSR count). The molecular formula is C14H12N4O2. The van der Waals surface area contributed by atoms with Gasteiger partial charge in [0.1, 0.15) is 11.5 Å². The number of hydrogen-bond acceptors (Lipinski definition) is 5. The number of carboxylic acids is 1. The van der Waals surface area contributed by atoms with Crippen LogP contribution in [0.15, 0.2) is 30.5 Å². The number of aromatic nitrogens is 2. The van der Waals surface area contributed by atoms with Crippen LogP contribution in [0, 0.1) is 18.3 Å². The second kappa shape index (κ2) is 5.80. The normalized spacial score (nSPS) is 9.80. The lowest BCUT2D eigenvalue weighted by atomic mass is 10.2. The van der Waals surface area contributed by atoms with Gasteiger partial charge in [0.25, 0.3) is 0 Å². The highest BCUT2D eigenvalue weighted by Crippen LogP contribution is 2.11. The number of carboxylic acid groups (broad SMARTS) is 1. The highest BCUT2D eigenvalue weighted by molar-refractivity contribution is 5.85. The molecule has 0 atom stereocenters. The van der Waals surface area contributed by atoms with E-state index in [1.807, 2.05) is 6.92 Å². The van der Waals surface area contributed by atoms with Crippen molar-refractivity contribution in [1.82, 2.24) is 9.97 Å². The third-order valence-corrected chi connectivity index (χ3v) is 2.60. The minimum atomic E-state index is -1.05. The largest absolute Gasteiger partial charge is 0.477 e. The second-order valence-corrected chi connectivity index (χ2v) is 4.20. The molecule has 0 unspecified atom stereocenters. The first-order valence-electron chi connectivity index (χ1n) is 5.89. The van der Waals surface area contributed by atoms with Crippen molar-refractivity contribution < 1.29 is 9.90 Å². The van der Waals surface area contributed by atoms with Gasteiger partial charge in [-0.1, -0.05) is 6.07 Å². The van der Waals surface area contributed by atoms with E-state index in [2.05, 4.69) is 21.4 Å². The number of hydrogen-bond donors (Lipinski definition) is 2. The molecule has 2 aromatic rings. The van der Waals surface area contributed by atoms with E-state index in [0.29, 0.717) is 17.9 Å². The van der Waals surface area contributed by atoms with Gasteiger partial charge in [-0.3, -0.25) is 0 Å². The van der Waals surface area contributed by atoms with Crippen molar-refractivity contribution >= 4 is 11.8 Å². The molecule has 0 amide bonds. The van der Waals surface area contributed by atoms with Crippen molar-refractivity contribution in [3.63, 3.8) is 0 Å². The average Bonchev–Trinajstić information content (AvgIpc) is 2.45. The predicted octanol–water partition coefficient (Wildman–Crippen LogP) is 1.97. The average molecular weight is 268 g/mol. The van der Waals surface area contributed by atoms with Gasteiger partial charge < -0.3 is 10.4 Å². The Morgan fingerprint density at radius 1 is 1.45 bits per heavy atom. The van der Waals surface area contributed by atoms with E-state index in [1.165, 1.54) is 12.3 Å². The highest BCUT2D eigenvalue weighted by Gasteiger charge is 2.04. The summed E-state index contributed by atoms with van der Waals surface area (Å²) in [6, 6.07) is 8.56. The number of rotatable bonds is 4. The molecule has 0 aliphatic heterocycles. The third-order valence-electron chi connectivity index (χ3n) is 2.60. The Labute approximate surface area is 115 Å². The van der Waals surface area contributed by atoms with Crippen LogP contribution >= 0.6 is 0 Å². The Morgan fingerprint density at radius 3 is 2.85 bits per heavy atom. The Hall–Kier alpha value is -2.94. The maximum absolute atomic E-state index is 10.7. The van der Waals surface area contributed by atoms with E-state index < -0.39 is 5.97 Å². The maximum atomic E-state index is 10.7. The summed E-state index contributed by atoms with van der Waals surface area (Å²) >= 11 is 0. The summed E-state index contributed by atoms with van der Waals surface area (Å²) in [6.07, 6.45) is 1.50. The first kappa shape index (κ1) is 13.5. The number of aromatic carboxylic acids is 1. The molecule has 2 heterocycles. The Balaban J connectivity index is 2.07. The standard InChI is InChI=1S/C14H12N4O2/c1-9-4-11(6-15)5-13(18-9)17-8-10-2-3-12(14(19)20)16-7-10/h2-5,7H,8H2,1H3,(H,17,18)(H,19,20). The van der Waals surface area contributed by atoms with E-state index in [0.717, 1.165) is 11.3 Å². The number of nitrogens with one attached hydrogen (secondary N) is 1. The van der Waals surface area contributed by atoms with Gasteiger partial charge in [0.05, 0.1) is 11.6 Å². The zero-order valence-corrected chi connectivity index (χ0v) is 10.8. The molecule has 2 N–H and O–H groups in total. The molecule has 0 aliphatic rings. The summed E-state index contributed by atoms with van der Waals surface area (Å²) < 4.78 is 0. The molecular weight excluding hydrogens is 256 g/mol. The number of pyridine rings is 2. The van der Waals surface area contributed by atoms with Gasteiger partial charge in [0, 0.05) is 18.4 Å². The first-order valence-corrected chi connectivity index (χ1v) is 5.89. The highest BCUT2D eigenvalue weighted by atomic mass is 16.4. The topological polar surface area (TPSA) is 98.9 Å². The molecule has 0 spiro atoms. The van der Waals surface area contributed by atoms with Crippen molar-refractivity contribution in [1.29, 1.82) is 5.26 Å². The number of nitrogens with zero attached hydrogens (tertiary/aromatic N) is 3. The SMILES string of the molecule is Cc1cc(C#N)cc(NCc2ccc(C(=O)O)nc2)n1. The molecule has 0 fully saturated rings. The van der Waals surface area contributed by atoms with Gasteiger partial charge in [0.15, 0.2) is 0 Å². The summed E-state index contributed by atoms with van der Waals surface area (Å²) in [6.45, 7) is 2.27. The lowest BCUT2D eigenvalue weighted by Crippen LogP contribution is -2.05. The van der Waals surface area contributed by atoms with Crippen LogP contribution < -0.4 is 5.32 Å². The van der Waals surface area contributed by atoms with Gasteiger partial charge in [0.2, 0.25) is 0 Å². The van der Waals surface area contributed by atoms with Crippen LogP contribution in [0.1, 0.15) is 27.3 Å².